The Kier molecular flexibility index (Phi) is 8.22. The summed E-state index contributed by atoms with van der Waals surface area (Å²) in [5, 5.41) is 10.6. The van der Waals surface area contributed by atoms with Gasteiger partial charge < -0.3 is 19.5 Å². The van der Waals surface area contributed by atoms with E-state index in [2.05, 4.69) is 42.7 Å². The molecule has 5 heteroatoms. The summed E-state index contributed by atoms with van der Waals surface area (Å²) < 4.78 is 11.7. The molecule has 2 aliphatic rings. The molecule has 0 amide bonds. The molecule has 1 saturated carbocycles. The van der Waals surface area contributed by atoms with E-state index in [0.29, 0.717) is 31.1 Å². The molecule has 4 atom stereocenters. The van der Waals surface area contributed by atoms with Crippen molar-refractivity contribution in [2.75, 3.05) is 51.3 Å². The molecular formula is C24H40N2O3. The monoisotopic (exact) mass is 404 g/mol. The Morgan fingerprint density at radius 1 is 1.10 bits per heavy atom. The van der Waals surface area contributed by atoms with E-state index >= 15 is 0 Å². The average Bonchev–Trinajstić information content (AvgIpc) is 2.72. The van der Waals surface area contributed by atoms with Crippen molar-refractivity contribution in [2.45, 2.75) is 52.2 Å². The number of β-amino-alcohol motifs (C(OH)–C–C–N with tert-alkyl or cyclic N) is 1. The van der Waals surface area contributed by atoms with Crippen molar-refractivity contribution in [3.05, 3.63) is 24.3 Å². The van der Waals surface area contributed by atoms with Gasteiger partial charge in [0.05, 0.1) is 31.6 Å². The van der Waals surface area contributed by atoms with Crippen molar-refractivity contribution in [2.24, 2.45) is 17.8 Å². The van der Waals surface area contributed by atoms with Crippen LogP contribution >= 0.6 is 0 Å². The standard InChI is InChI=1S/C24H40N2O3/c1-18(2)21-10-9-19(3)15-24(21)29-17-20(27)16-25-11-13-26(14-12-25)22-7-5-6-8-23(22)28-4/h5-8,18-21,24,27H,9-17H2,1-4H3/t19-,20-,21+,24-/m0/s1. The van der Waals surface area contributed by atoms with Crippen LogP contribution in [0.3, 0.4) is 0 Å². The van der Waals surface area contributed by atoms with E-state index in [4.69, 9.17) is 9.47 Å². The minimum Gasteiger partial charge on any atom is -0.495 e. The van der Waals surface area contributed by atoms with Gasteiger partial charge in [-0.15, -0.1) is 0 Å². The quantitative estimate of drug-likeness (QED) is 0.716. The number of hydrogen-bond acceptors (Lipinski definition) is 5. The molecule has 1 N–H and O–H groups in total. The van der Waals surface area contributed by atoms with Crippen molar-refractivity contribution in [1.29, 1.82) is 0 Å². The van der Waals surface area contributed by atoms with Crippen LogP contribution < -0.4 is 9.64 Å². The molecule has 0 unspecified atom stereocenters. The van der Waals surface area contributed by atoms with Gasteiger partial charge in [-0.2, -0.15) is 0 Å². The van der Waals surface area contributed by atoms with E-state index in [1.807, 2.05) is 12.1 Å². The molecule has 0 bridgehead atoms. The average molecular weight is 405 g/mol. The predicted molar refractivity (Wildman–Crippen MR) is 119 cm³/mol. The van der Waals surface area contributed by atoms with Gasteiger partial charge in [0.1, 0.15) is 5.75 Å². The fourth-order valence-electron chi connectivity index (χ4n) is 4.95. The predicted octanol–water partition coefficient (Wildman–Crippen LogP) is 3.66. The first-order chi connectivity index (χ1) is 14.0. The van der Waals surface area contributed by atoms with Gasteiger partial charge in [0, 0.05) is 32.7 Å². The van der Waals surface area contributed by atoms with Gasteiger partial charge in [-0.25, -0.2) is 0 Å². The third-order valence-corrected chi connectivity index (χ3v) is 6.73. The van der Waals surface area contributed by atoms with Crippen LogP contribution in [0.2, 0.25) is 0 Å². The molecule has 2 fully saturated rings. The van der Waals surface area contributed by atoms with Crippen molar-refractivity contribution >= 4 is 5.69 Å². The van der Waals surface area contributed by atoms with Crippen LogP contribution in [0.5, 0.6) is 5.75 Å². The highest BCUT2D eigenvalue weighted by Gasteiger charge is 2.32. The highest BCUT2D eigenvalue weighted by molar-refractivity contribution is 5.58. The molecule has 1 aliphatic heterocycles. The number of aliphatic hydroxyl groups is 1. The molecular weight excluding hydrogens is 364 g/mol. The Morgan fingerprint density at radius 2 is 1.83 bits per heavy atom. The van der Waals surface area contributed by atoms with Gasteiger partial charge >= 0.3 is 0 Å². The Balaban J connectivity index is 1.43. The Bertz CT molecular complexity index is 616. The van der Waals surface area contributed by atoms with Gasteiger partial charge in [-0.05, 0) is 42.7 Å². The number of piperazine rings is 1. The summed E-state index contributed by atoms with van der Waals surface area (Å²) in [7, 11) is 1.72. The second-order valence-electron chi connectivity index (χ2n) is 9.31. The fourth-order valence-corrected chi connectivity index (χ4v) is 4.95. The Hall–Kier alpha value is -1.30. The summed E-state index contributed by atoms with van der Waals surface area (Å²) in [5.74, 6) is 2.93. The minimum absolute atomic E-state index is 0.302. The van der Waals surface area contributed by atoms with Crippen molar-refractivity contribution in [1.82, 2.24) is 4.90 Å². The van der Waals surface area contributed by atoms with Crippen molar-refractivity contribution < 1.29 is 14.6 Å². The van der Waals surface area contributed by atoms with Gasteiger partial charge in [-0.1, -0.05) is 39.3 Å². The maximum atomic E-state index is 10.6. The molecule has 3 rings (SSSR count). The number of nitrogens with zero attached hydrogens (tertiary/aromatic N) is 2. The topological polar surface area (TPSA) is 45.2 Å². The minimum atomic E-state index is -0.419. The summed E-state index contributed by atoms with van der Waals surface area (Å²) >= 11 is 0. The molecule has 0 aromatic heterocycles. The van der Waals surface area contributed by atoms with E-state index in [1.165, 1.54) is 12.8 Å². The van der Waals surface area contributed by atoms with Gasteiger partial charge in [0.2, 0.25) is 0 Å². The number of rotatable bonds is 8. The lowest BCUT2D eigenvalue weighted by Crippen LogP contribution is -2.49. The van der Waals surface area contributed by atoms with E-state index in [1.54, 1.807) is 7.11 Å². The molecule has 164 valence electrons. The van der Waals surface area contributed by atoms with Crippen LogP contribution in [0.25, 0.3) is 0 Å². The summed E-state index contributed by atoms with van der Waals surface area (Å²) in [6.07, 6.45) is 3.58. The number of hydrogen-bond donors (Lipinski definition) is 1. The van der Waals surface area contributed by atoms with Crippen LogP contribution in [-0.4, -0.2) is 68.7 Å². The highest BCUT2D eigenvalue weighted by atomic mass is 16.5. The molecule has 1 heterocycles. The second-order valence-corrected chi connectivity index (χ2v) is 9.31. The first-order valence-corrected chi connectivity index (χ1v) is 11.4. The number of anilines is 1. The third kappa shape index (κ3) is 6.09. The first-order valence-electron chi connectivity index (χ1n) is 11.4. The van der Waals surface area contributed by atoms with Crippen LogP contribution in [-0.2, 0) is 4.74 Å². The first kappa shape index (κ1) is 22.4. The number of aliphatic hydroxyl groups excluding tert-OH is 1. The number of methoxy groups -OCH3 is 1. The molecule has 0 radical (unpaired) electrons. The van der Waals surface area contributed by atoms with Crippen molar-refractivity contribution in [3.63, 3.8) is 0 Å². The Labute approximate surface area is 177 Å². The van der Waals surface area contributed by atoms with Crippen LogP contribution in [0.4, 0.5) is 5.69 Å². The van der Waals surface area contributed by atoms with Gasteiger partial charge in [0.15, 0.2) is 0 Å². The smallest absolute Gasteiger partial charge is 0.142 e. The van der Waals surface area contributed by atoms with Crippen LogP contribution in [0.15, 0.2) is 24.3 Å². The summed E-state index contributed by atoms with van der Waals surface area (Å²) in [4.78, 5) is 4.72. The molecule has 5 nitrogen and oxygen atoms in total. The lowest BCUT2D eigenvalue weighted by atomic mass is 9.75. The normalized spacial score (nSPS) is 27.2. The SMILES string of the molecule is COc1ccccc1N1CCN(C[C@H](O)CO[C@H]2C[C@@H](C)CC[C@@H]2C(C)C)CC1. The van der Waals surface area contributed by atoms with Crippen molar-refractivity contribution in [3.8, 4) is 5.75 Å². The van der Waals surface area contributed by atoms with Gasteiger partial charge in [0.25, 0.3) is 0 Å². The largest absolute Gasteiger partial charge is 0.495 e. The van der Waals surface area contributed by atoms with Gasteiger partial charge in [-0.3, -0.25) is 4.90 Å². The molecule has 1 aliphatic carbocycles. The maximum Gasteiger partial charge on any atom is 0.142 e. The summed E-state index contributed by atoms with van der Waals surface area (Å²) in [6.45, 7) is 11.9. The molecule has 1 aromatic rings. The number of para-hydroxylation sites is 2. The summed E-state index contributed by atoms with van der Waals surface area (Å²) in [6, 6.07) is 8.19. The second kappa shape index (κ2) is 10.6. The zero-order chi connectivity index (χ0) is 20.8. The molecule has 29 heavy (non-hydrogen) atoms. The fraction of sp³-hybridized carbons (Fsp3) is 0.750. The van der Waals surface area contributed by atoms with E-state index in [-0.39, 0.29) is 0 Å². The third-order valence-electron chi connectivity index (χ3n) is 6.73. The van der Waals surface area contributed by atoms with E-state index in [0.717, 1.165) is 50.0 Å². The zero-order valence-electron chi connectivity index (χ0n) is 18.7. The van der Waals surface area contributed by atoms with E-state index in [9.17, 15) is 5.11 Å². The number of benzene rings is 1. The lowest BCUT2D eigenvalue weighted by molar-refractivity contribution is -0.0740. The highest BCUT2D eigenvalue weighted by Crippen LogP contribution is 2.35. The zero-order valence-corrected chi connectivity index (χ0v) is 18.7. The maximum absolute atomic E-state index is 10.6. The molecule has 1 aromatic carbocycles. The Morgan fingerprint density at radius 3 is 2.52 bits per heavy atom. The lowest BCUT2D eigenvalue weighted by Gasteiger charge is -2.39. The van der Waals surface area contributed by atoms with Crippen LogP contribution in [0, 0.1) is 17.8 Å². The summed E-state index contributed by atoms with van der Waals surface area (Å²) in [5.41, 5.74) is 1.16. The molecule has 0 spiro atoms. The van der Waals surface area contributed by atoms with E-state index < -0.39 is 6.10 Å². The molecule has 1 saturated heterocycles. The van der Waals surface area contributed by atoms with Crippen LogP contribution in [0.1, 0.15) is 40.0 Å². The number of ether oxygens (including phenoxy) is 2.